The molecule has 2 aliphatic heterocycles. The van der Waals surface area contributed by atoms with Gasteiger partial charge in [0.25, 0.3) is 5.91 Å². The summed E-state index contributed by atoms with van der Waals surface area (Å²) in [6, 6.07) is 11.2. The van der Waals surface area contributed by atoms with Crippen LogP contribution in [0.3, 0.4) is 0 Å². The molecule has 2 N–H and O–H groups in total. The highest BCUT2D eigenvalue weighted by molar-refractivity contribution is 5.99. The Kier molecular flexibility index (Phi) is 4.81. The first kappa shape index (κ1) is 19.5. The SMILES string of the molecule is Cc1[nH]c2ccc(C(=O)N3CCC(C(=O)Nc4ccc5c(c4)OCO5)CC3)cc2c1C. The van der Waals surface area contributed by atoms with Crippen LogP contribution >= 0.6 is 0 Å². The van der Waals surface area contributed by atoms with Crippen molar-refractivity contribution in [1.29, 1.82) is 0 Å². The Bertz CT molecular complexity index is 1180. The monoisotopic (exact) mass is 419 g/mol. The zero-order valence-corrected chi connectivity index (χ0v) is 17.7. The molecule has 0 atom stereocenters. The van der Waals surface area contributed by atoms with Gasteiger partial charge in [-0.25, -0.2) is 0 Å². The van der Waals surface area contributed by atoms with Crippen molar-refractivity contribution in [3.05, 3.63) is 53.2 Å². The number of hydrogen-bond donors (Lipinski definition) is 2. The lowest BCUT2D eigenvalue weighted by atomic mass is 9.95. The minimum absolute atomic E-state index is 0.0224. The molecule has 2 aromatic carbocycles. The molecule has 2 aliphatic rings. The zero-order valence-electron chi connectivity index (χ0n) is 17.7. The van der Waals surface area contributed by atoms with Crippen LogP contribution in [0.25, 0.3) is 10.9 Å². The summed E-state index contributed by atoms with van der Waals surface area (Å²) in [7, 11) is 0. The molecule has 7 heteroatoms. The van der Waals surface area contributed by atoms with Gasteiger partial charge in [0.1, 0.15) is 0 Å². The van der Waals surface area contributed by atoms with Crippen LogP contribution in [0.1, 0.15) is 34.5 Å². The minimum Gasteiger partial charge on any atom is -0.454 e. The summed E-state index contributed by atoms with van der Waals surface area (Å²) in [6.07, 6.45) is 1.29. The topological polar surface area (TPSA) is 83.7 Å². The lowest BCUT2D eigenvalue weighted by Gasteiger charge is -2.31. The first-order valence-electron chi connectivity index (χ1n) is 10.6. The van der Waals surface area contributed by atoms with Gasteiger partial charge in [0, 0.05) is 52.9 Å². The first-order chi connectivity index (χ1) is 15.0. The molecule has 2 amide bonds. The summed E-state index contributed by atoms with van der Waals surface area (Å²) in [5, 5.41) is 4.05. The number of rotatable bonds is 3. The Hall–Kier alpha value is -3.48. The van der Waals surface area contributed by atoms with E-state index in [1.807, 2.05) is 36.1 Å². The van der Waals surface area contributed by atoms with Crippen molar-refractivity contribution in [1.82, 2.24) is 9.88 Å². The average Bonchev–Trinajstić information content (AvgIpc) is 3.37. The Morgan fingerprint density at radius 3 is 2.61 bits per heavy atom. The third kappa shape index (κ3) is 3.60. The lowest BCUT2D eigenvalue weighted by molar-refractivity contribution is -0.121. The molecule has 160 valence electrons. The molecule has 0 bridgehead atoms. The predicted octanol–water partition coefficient (Wildman–Crippen LogP) is 4.00. The number of fused-ring (bicyclic) bond motifs is 2. The molecule has 5 rings (SSSR count). The van der Waals surface area contributed by atoms with Gasteiger partial charge in [-0.2, -0.15) is 0 Å². The van der Waals surface area contributed by atoms with Gasteiger partial charge >= 0.3 is 0 Å². The highest BCUT2D eigenvalue weighted by Gasteiger charge is 2.28. The largest absolute Gasteiger partial charge is 0.454 e. The maximum absolute atomic E-state index is 13.0. The summed E-state index contributed by atoms with van der Waals surface area (Å²) < 4.78 is 10.7. The second-order valence-corrected chi connectivity index (χ2v) is 8.26. The zero-order chi connectivity index (χ0) is 21.5. The smallest absolute Gasteiger partial charge is 0.253 e. The maximum Gasteiger partial charge on any atom is 0.253 e. The van der Waals surface area contributed by atoms with E-state index in [1.165, 1.54) is 5.56 Å². The van der Waals surface area contributed by atoms with E-state index in [0.717, 1.165) is 16.6 Å². The van der Waals surface area contributed by atoms with E-state index in [4.69, 9.17) is 9.47 Å². The van der Waals surface area contributed by atoms with Gasteiger partial charge in [-0.3, -0.25) is 9.59 Å². The number of ether oxygens (including phenoxy) is 2. The number of aromatic nitrogens is 1. The molecule has 0 aliphatic carbocycles. The van der Waals surface area contributed by atoms with Gasteiger partial charge < -0.3 is 24.7 Å². The number of carbonyl (C=O) groups is 2. The maximum atomic E-state index is 13.0. The number of nitrogens with one attached hydrogen (secondary N) is 2. The fourth-order valence-electron chi connectivity index (χ4n) is 4.34. The summed E-state index contributed by atoms with van der Waals surface area (Å²) >= 11 is 0. The summed E-state index contributed by atoms with van der Waals surface area (Å²) in [4.78, 5) is 30.9. The average molecular weight is 419 g/mol. The van der Waals surface area contributed by atoms with Crippen LogP contribution in [0.2, 0.25) is 0 Å². The van der Waals surface area contributed by atoms with Crippen LogP contribution in [0.15, 0.2) is 36.4 Å². The van der Waals surface area contributed by atoms with E-state index < -0.39 is 0 Å². The van der Waals surface area contributed by atoms with Gasteiger partial charge in [-0.1, -0.05) is 0 Å². The molecular weight excluding hydrogens is 394 g/mol. The van der Waals surface area contributed by atoms with Gasteiger partial charge in [0.05, 0.1) is 0 Å². The van der Waals surface area contributed by atoms with Crippen LogP contribution in [0, 0.1) is 19.8 Å². The molecule has 1 saturated heterocycles. The molecule has 3 aromatic rings. The van der Waals surface area contributed by atoms with Crippen molar-refractivity contribution in [2.45, 2.75) is 26.7 Å². The van der Waals surface area contributed by atoms with Crippen LogP contribution in [0.5, 0.6) is 11.5 Å². The number of H-pyrrole nitrogens is 1. The predicted molar refractivity (Wildman–Crippen MR) is 118 cm³/mol. The molecule has 1 aromatic heterocycles. The van der Waals surface area contributed by atoms with Crippen molar-refractivity contribution < 1.29 is 19.1 Å². The number of aromatic amines is 1. The van der Waals surface area contributed by atoms with Crippen LogP contribution in [-0.2, 0) is 4.79 Å². The minimum atomic E-state index is -0.119. The number of likely N-dealkylation sites (tertiary alicyclic amines) is 1. The van der Waals surface area contributed by atoms with E-state index in [2.05, 4.69) is 17.2 Å². The van der Waals surface area contributed by atoms with Gasteiger partial charge in [-0.05, 0) is 62.6 Å². The number of piperidine rings is 1. The van der Waals surface area contributed by atoms with Crippen molar-refractivity contribution in [2.24, 2.45) is 5.92 Å². The van der Waals surface area contributed by atoms with Gasteiger partial charge in [-0.15, -0.1) is 0 Å². The Balaban J connectivity index is 1.21. The third-order valence-corrected chi connectivity index (χ3v) is 6.35. The van der Waals surface area contributed by atoms with Crippen LogP contribution in [-0.4, -0.2) is 41.6 Å². The molecule has 7 nitrogen and oxygen atoms in total. The van der Waals surface area contributed by atoms with E-state index in [9.17, 15) is 9.59 Å². The van der Waals surface area contributed by atoms with E-state index in [1.54, 1.807) is 12.1 Å². The second kappa shape index (κ2) is 7.65. The normalized spacial score (nSPS) is 16.0. The highest BCUT2D eigenvalue weighted by Crippen LogP contribution is 2.34. The summed E-state index contributed by atoms with van der Waals surface area (Å²) in [5.74, 6) is 1.21. The molecule has 0 saturated carbocycles. The molecular formula is C24H25N3O4. The van der Waals surface area contributed by atoms with Crippen molar-refractivity contribution >= 4 is 28.4 Å². The number of amides is 2. The third-order valence-electron chi connectivity index (χ3n) is 6.35. The highest BCUT2D eigenvalue weighted by atomic mass is 16.7. The molecule has 1 fully saturated rings. The molecule has 0 radical (unpaired) electrons. The number of carbonyl (C=O) groups excluding carboxylic acids is 2. The Labute approximate surface area is 180 Å². The lowest BCUT2D eigenvalue weighted by Crippen LogP contribution is -2.41. The van der Waals surface area contributed by atoms with Crippen LogP contribution < -0.4 is 14.8 Å². The van der Waals surface area contributed by atoms with Crippen molar-refractivity contribution in [3.63, 3.8) is 0 Å². The van der Waals surface area contributed by atoms with Gasteiger partial charge in [0.15, 0.2) is 11.5 Å². The number of aryl methyl sites for hydroxylation is 2. The molecule has 0 spiro atoms. The van der Waals surface area contributed by atoms with E-state index >= 15 is 0 Å². The van der Waals surface area contributed by atoms with Gasteiger partial charge in [0.2, 0.25) is 12.7 Å². The van der Waals surface area contributed by atoms with E-state index in [-0.39, 0.29) is 24.5 Å². The number of anilines is 1. The first-order valence-corrected chi connectivity index (χ1v) is 10.6. The summed E-state index contributed by atoms with van der Waals surface area (Å²) in [5.41, 5.74) is 4.72. The fourth-order valence-corrected chi connectivity index (χ4v) is 4.34. The summed E-state index contributed by atoms with van der Waals surface area (Å²) in [6.45, 7) is 5.45. The number of hydrogen-bond acceptors (Lipinski definition) is 4. The fraction of sp³-hybridized carbons (Fsp3) is 0.333. The van der Waals surface area contributed by atoms with Crippen molar-refractivity contribution in [3.8, 4) is 11.5 Å². The Morgan fingerprint density at radius 1 is 1.03 bits per heavy atom. The van der Waals surface area contributed by atoms with Crippen LogP contribution in [0.4, 0.5) is 5.69 Å². The molecule has 0 unspecified atom stereocenters. The second-order valence-electron chi connectivity index (χ2n) is 8.26. The quantitative estimate of drug-likeness (QED) is 0.672. The molecule has 3 heterocycles. The standard InChI is InChI=1S/C24H25N3O4/c1-14-15(2)25-20-5-3-17(11-19(14)20)24(29)27-9-7-16(8-10-27)23(28)26-18-4-6-21-22(12-18)31-13-30-21/h3-6,11-12,16,25H,7-10,13H2,1-2H3,(H,26,28). The van der Waals surface area contributed by atoms with E-state index in [0.29, 0.717) is 48.7 Å². The Morgan fingerprint density at radius 2 is 1.81 bits per heavy atom. The number of benzene rings is 2. The van der Waals surface area contributed by atoms with Crippen molar-refractivity contribution in [2.75, 3.05) is 25.2 Å². The molecule has 31 heavy (non-hydrogen) atoms. The number of nitrogens with zero attached hydrogens (tertiary/aromatic N) is 1.